The number of amides is 1. The van der Waals surface area contributed by atoms with E-state index in [2.05, 4.69) is 10.6 Å². The Balaban J connectivity index is 1.53. The Bertz CT molecular complexity index is 494. The van der Waals surface area contributed by atoms with Crippen molar-refractivity contribution >= 4 is 5.91 Å². The maximum atomic E-state index is 12.3. The molecule has 5 nitrogen and oxygen atoms in total. The zero-order valence-electron chi connectivity index (χ0n) is 12.8. The second kappa shape index (κ2) is 7.61. The number of carbonyl (C=O) groups is 1. The number of benzene rings is 1. The third-order valence-corrected chi connectivity index (χ3v) is 4.19. The van der Waals surface area contributed by atoms with Gasteiger partial charge in [0.25, 0.3) is 5.91 Å². The van der Waals surface area contributed by atoms with Crippen molar-refractivity contribution in [3.63, 3.8) is 0 Å². The average molecular weight is 304 g/mol. The summed E-state index contributed by atoms with van der Waals surface area (Å²) in [6.07, 6.45) is 4.48. The SMILES string of the molecule is O=C(N[C@H]1CCCNC1)c1cccc(OCC2CCCO2)c1. The average Bonchev–Trinajstić information content (AvgIpc) is 3.08. The van der Waals surface area contributed by atoms with E-state index >= 15 is 0 Å². The molecule has 3 rings (SSSR count). The van der Waals surface area contributed by atoms with Crippen LogP contribution in [0.5, 0.6) is 5.75 Å². The van der Waals surface area contributed by atoms with Gasteiger partial charge in [-0.05, 0) is 50.4 Å². The molecule has 2 fully saturated rings. The fourth-order valence-electron chi connectivity index (χ4n) is 2.94. The number of hydrogen-bond acceptors (Lipinski definition) is 4. The Morgan fingerprint density at radius 3 is 3.09 bits per heavy atom. The van der Waals surface area contributed by atoms with E-state index in [0.717, 1.165) is 51.1 Å². The highest BCUT2D eigenvalue weighted by molar-refractivity contribution is 5.94. The second-order valence-corrected chi connectivity index (χ2v) is 5.99. The van der Waals surface area contributed by atoms with Crippen LogP contribution >= 0.6 is 0 Å². The zero-order valence-corrected chi connectivity index (χ0v) is 12.8. The summed E-state index contributed by atoms with van der Waals surface area (Å²) in [5.41, 5.74) is 0.649. The molecule has 2 N–H and O–H groups in total. The highest BCUT2D eigenvalue weighted by Crippen LogP contribution is 2.17. The lowest BCUT2D eigenvalue weighted by atomic mass is 10.1. The molecule has 120 valence electrons. The van der Waals surface area contributed by atoms with Crippen molar-refractivity contribution in [1.29, 1.82) is 0 Å². The van der Waals surface area contributed by atoms with Crippen LogP contribution in [0.1, 0.15) is 36.0 Å². The predicted molar refractivity (Wildman–Crippen MR) is 84.3 cm³/mol. The van der Waals surface area contributed by atoms with Crippen LogP contribution in [0.15, 0.2) is 24.3 Å². The van der Waals surface area contributed by atoms with Crippen molar-refractivity contribution in [2.24, 2.45) is 0 Å². The van der Waals surface area contributed by atoms with Crippen molar-refractivity contribution in [3.05, 3.63) is 29.8 Å². The molecule has 1 amide bonds. The van der Waals surface area contributed by atoms with Crippen molar-refractivity contribution in [1.82, 2.24) is 10.6 Å². The Morgan fingerprint density at radius 2 is 2.32 bits per heavy atom. The van der Waals surface area contributed by atoms with Crippen LogP contribution in [0.2, 0.25) is 0 Å². The first-order valence-corrected chi connectivity index (χ1v) is 8.17. The molecular formula is C17H24N2O3. The molecule has 2 aliphatic heterocycles. The van der Waals surface area contributed by atoms with E-state index in [0.29, 0.717) is 12.2 Å². The third-order valence-electron chi connectivity index (χ3n) is 4.19. The van der Waals surface area contributed by atoms with Crippen LogP contribution in [-0.4, -0.2) is 44.4 Å². The Hall–Kier alpha value is -1.59. The van der Waals surface area contributed by atoms with E-state index in [9.17, 15) is 4.79 Å². The van der Waals surface area contributed by atoms with Gasteiger partial charge in [0.15, 0.2) is 0 Å². The molecule has 0 radical (unpaired) electrons. The summed E-state index contributed by atoms with van der Waals surface area (Å²) in [6, 6.07) is 7.59. The van der Waals surface area contributed by atoms with E-state index in [-0.39, 0.29) is 18.1 Å². The van der Waals surface area contributed by atoms with Gasteiger partial charge in [0, 0.05) is 24.8 Å². The Morgan fingerprint density at radius 1 is 1.36 bits per heavy atom. The highest BCUT2D eigenvalue weighted by Gasteiger charge is 2.18. The van der Waals surface area contributed by atoms with E-state index in [1.54, 1.807) is 6.07 Å². The van der Waals surface area contributed by atoms with Gasteiger partial charge in [0.2, 0.25) is 0 Å². The van der Waals surface area contributed by atoms with Gasteiger partial charge in [-0.2, -0.15) is 0 Å². The standard InChI is InChI=1S/C17H24N2O3/c20-17(19-14-5-2-8-18-11-14)13-4-1-6-15(10-13)22-12-16-7-3-9-21-16/h1,4,6,10,14,16,18H,2-3,5,7-9,11-12H2,(H,19,20)/t14-,16?/m0/s1. The molecule has 2 saturated heterocycles. The summed E-state index contributed by atoms with van der Waals surface area (Å²) in [5.74, 6) is 0.696. The van der Waals surface area contributed by atoms with Gasteiger partial charge in [-0.1, -0.05) is 6.07 Å². The molecule has 1 aromatic carbocycles. The van der Waals surface area contributed by atoms with Crippen LogP contribution in [0.25, 0.3) is 0 Å². The van der Waals surface area contributed by atoms with Gasteiger partial charge in [0.1, 0.15) is 12.4 Å². The van der Waals surface area contributed by atoms with Crippen LogP contribution in [0, 0.1) is 0 Å². The molecule has 22 heavy (non-hydrogen) atoms. The predicted octanol–water partition coefficient (Wildman–Crippen LogP) is 1.73. The number of carbonyl (C=O) groups excluding carboxylic acids is 1. The minimum atomic E-state index is -0.0312. The Kier molecular flexibility index (Phi) is 5.29. The molecular weight excluding hydrogens is 280 g/mol. The van der Waals surface area contributed by atoms with Crippen LogP contribution in [-0.2, 0) is 4.74 Å². The molecule has 0 aromatic heterocycles. The summed E-state index contributed by atoms with van der Waals surface area (Å²) < 4.78 is 11.3. The summed E-state index contributed by atoms with van der Waals surface area (Å²) in [5, 5.41) is 6.38. The van der Waals surface area contributed by atoms with Crippen molar-refractivity contribution in [3.8, 4) is 5.75 Å². The van der Waals surface area contributed by atoms with Crippen molar-refractivity contribution < 1.29 is 14.3 Å². The maximum absolute atomic E-state index is 12.3. The minimum absolute atomic E-state index is 0.0312. The lowest BCUT2D eigenvalue weighted by molar-refractivity contribution is 0.0679. The summed E-state index contributed by atoms with van der Waals surface area (Å²) >= 11 is 0. The van der Waals surface area contributed by atoms with Gasteiger partial charge < -0.3 is 20.1 Å². The maximum Gasteiger partial charge on any atom is 0.251 e. The topological polar surface area (TPSA) is 59.6 Å². The van der Waals surface area contributed by atoms with Crippen LogP contribution < -0.4 is 15.4 Å². The largest absolute Gasteiger partial charge is 0.491 e. The first kappa shape index (κ1) is 15.3. The quantitative estimate of drug-likeness (QED) is 0.870. The van der Waals surface area contributed by atoms with Crippen LogP contribution in [0.4, 0.5) is 0 Å². The number of nitrogens with one attached hydrogen (secondary N) is 2. The highest BCUT2D eigenvalue weighted by atomic mass is 16.5. The van der Waals surface area contributed by atoms with E-state index in [1.165, 1.54) is 0 Å². The van der Waals surface area contributed by atoms with Crippen molar-refractivity contribution in [2.75, 3.05) is 26.3 Å². The molecule has 0 bridgehead atoms. The van der Waals surface area contributed by atoms with Gasteiger partial charge >= 0.3 is 0 Å². The fraction of sp³-hybridized carbons (Fsp3) is 0.588. The molecule has 1 unspecified atom stereocenters. The first-order valence-electron chi connectivity index (χ1n) is 8.17. The van der Waals surface area contributed by atoms with Crippen LogP contribution in [0.3, 0.4) is 0 Å². The summed E-state index contributed by atoms with van der Waals surface area (Å²) in [7, 11) is 0. The van der Waals surface area contributed by atoms with Gasteiger partial charge in [-0.3, -0.25) is 4.79 Å². The van der Waals surface area contributed by atoms with E-state index in [4.69, 9.17) is 9.47 Å². The molecule has 0 saturated carbocycles. The van der Waals surface area contributed by atoms with Gasteiger partial charge in [-0.25, -0.2) is 0 Å². The third kappa shape index (κ3) is 4.21. The second-order valence-electron chi connectivity index (χ2n) is 5.99. The molecule has 2 atom stereocenters. The molecule has 2 aliphatic rings. The molecule has 0 spiro atoms. The van der Waals surface area contributed by atoms with Crippen molar-refractivity contribution in [2.45, 2.75) is 37.8 Å². The number of piperidine rings is 1. The number of rotatable bonds is 5. The lowest BCUT2D eigenvalue weighted by Gasteiger charge is -2.23. The Labute approximate surface area is 131 Å². The first-order chi connectivity index (χ1) is 10.8. The number of hydrogen-bond donors (Lipinski definition) is 2. The fourth-order valence-corrected chi connectivity index (χ4v) is 2.94. The summed E-state index contributed by atoms with van der Waals surface area (Å²) in [4.78, 5) is 12.3. The van der Waals surface area contributed by atoms with Gasteiger partial charge in [0.05, 0.1) is 6.10 Å². The zero-order chi connectivity index (χ0) is 15.2. The minimum Gasteiger partial charge on any atom is -0.491 e. The number of ether oxygens (including phenoxy) is 2. The lowest BCUT2D eigenvalue weighted by Crippen LogP contribution is -2.45. The van der Waals surface area contributed by atoms with Gasteiger partial charge in [-0.15, -0.1) is 0 Å². The summed E-state index contributed by atoms with van der Waals surface area (Å²) in [6.45, 7) is 3.27. The normalized spacial score (nSPS) is 24.9. The molecule has 5 heteroatoms. The van der Waals surface area contributed by atoms with E-state index < -0.39 is 0 Å². The smallest absolute Gasteiger partial charge is 0.251 e. The van der Waals surface area contributed by atoms with E-state index in [1.807, 2.05) is 18.2 Å². The molecule has 1 aromatic rings. The monoisotopic (exact) mass is 304 g/mol. The molecule has 2 heterocycles. The molecule has 0 aliphatic carbocycles.